The van der Waals surface area contributed by atoms with Crippen molar-refractivity contribution in [3.8, 4) is 0 Å². The third-order valence-electron chi connectivity index (χ3n) is 4.85. The highest BCUT2D eigenvalue weighted by Crippen LogP contribution is 2.31. The molecule has 0 N–H and O–H groups in total. The second-order valence-electron chi connectivity index (χ2n) is 8.39. The molecule has 3 nitrogen and oxygen atoms in total. The van der Waals surface area contributed by atoms with Crippen LogP contribution in [-0.2, 0) is 23.0 Å². The summed E-state index contributed by atoms with van der Waals surface area (Å²) in [6, 6.07) is 8.00. The molecule has 1 aromatic heterocycles. The monoisotopic (exact) mass is 401 g/mol. The van der Waals surface area contributed by atoms with Gasteiger partial charge < -0.3 is 8.99 Å². The van der Waals surface area contributed by atoms with Crippen LogP contribution in [0.15, 0.2) is 30.3 Å². The van der Waals surface area contributed by atoms with E-state index in [2.05, 4.69) is 33.9 Å². The van der Waals surface area contributed by atoms with Crippen LogP contribution in [-0.4, -0.2) is 18.6 Å². The fourth-order valence-corrected chi connectivity index (χ4v) is 3.76. The van der Waals surface area contributed by atoms with E-state index in [-0.39, 0.29) is 17.5 Å². The number of hydrogen-bond acceptors (Lipinski definition) is 2. The number of imidazole rings is 1. The zero-order chi connectivity index (χ0) is 20.6. The number of aromatic nitrogens is 2. The summed E-state index contributed by atoms with van der Waals surface area (Å²) < 4.78 is 36.4. The third-order valence-corrected chi connectivity index (χ3v) is 5.57. The highest BCUT2D eigenvalue weighted by molar-refractivity contribution is 6.48. The van der Waals surface area contributed by atoms with E-state index >= 15 is 0 Å². The van der Waals surface area contributed by atoms with Gasteiger partial charge in [0.05, 0.1) is 24.2 Å². The molecule has 0 saturated heterocycles. The average molecular weight is 402 g/mol. The Morgan fingerprint density at radius 2 is 1.71 bits per heavy atom. The van der Waals surface area contributed by atoms with Crippen LogP contribution >= 0.6 is 0 Å². The van der Waals surface area contributed by atoms with Crippen LogP contribution in [0, 0.1) is 18.6 Å². The number of nitrogens with zero attached hydrogens (tertiary/aromatic N) is 2. The molecule has 2 aromatic carbocycles. The molecule has 28 heavy (non-hydrogen) atoms. The van der Waals surface area contributed by atoms with E-state index in [9.17, 15) is 8.78 Å². The number of aryl methyl sites for hydroxylation is 1. The molecule has 0 fully saturated rings. The fraction of sp³-hybridized carbons (Fsp3) is 0.409. The van der Waals surface area contributed by atoms with E-state index in [0.717, 1.165) is 28.0 Å². The molecule has 3 aromatic rings. The minimum absolute atomic E-state index is 0.0570. The van der Waals surface area contributed by atoms with Gasteiger partial charge in [-0.15, -0.1) is 0 Å². The van der Waals surface area contributed by atoms with Crippen LogP contribution in [0.2, 0.25) is 13.1 Å². The smallest absolute Gasteiger partial charge is 0.205 e. The molecule has 0 aliphatic heterocycles. The molecule has 0 amide bonds. The lowest BCUT2D eigenvalue weighted by molar-refractivity contribution is 0.314. The largest absolute Gasteiger partial charge is 0.413 e. The summed E-state index contributed by atoms with van der Waals surface area (Å²) >= 11 is 0. The predicted octanol–water partition coefficient (Wildman–Crippen LogP) is 5.74. The second kappa shape index (κ2) is 7.76. The van der Waals surface area contributed by atoms with Crippen molar-refractivity contribution in [2.24, 2.45) is 0 Å². The lowest BCUT2D eigenvalue weighted by Crippen LogP contribution is -2.20. The van der Waals surface area contributed by atoms with Gasteiger partial charge in [-0.05, 0) is 49.3 Å². The SMILES string of the molecule is Cc1c(CO[Si](C)C)ccc2c1nc(C(C)(C)C)n2Cc1c(F)cccc1F. The molecular weight excluding hydrogens is 374 g/mol. The number of benzene rings is 2. The summed E-state index contributed by atoms with van der Waals surface area (Å²) in [5.74, 6) is -0.268. The molecule has 0 aliphatic carbocycles. The van der Waals surface area contributed by atoms with Crippen LogP contribution in [0.4, 0.5) is 8.78 Å². The Morgan fingerprint density at radius 3 is 2.29 bits per heavy atom. The zero-order valence-corrected chi connectivity index (χ0v) is 18.4. The van der Waals surface area contributed by atoms with Crippen molar-refractivity contribution >= 4 is 20.1 Å². The molecule has 1 heterocycles. The Hall–Kier alpha value is -2.05. The molecule has 149 valence electrons. The maximum atomic E-state index is 14.3. The summed E-state index contributed by atoms with van der Waals surface area (Å²) in [7, 11) is -0.786. The van der Waals surface area contributed by atoms with Crippen LogP contribution in [0.1, 0.15) is 43.3 Å². The van der Waals surface area contributed by atoms with Gasteiger partial charge in [0, 0.05) is 11.0 Å². The van der Waals surface area contributed by atoms with Gasteiger partial charge >= 0.3 is 0 Å². The molecule has 0 spiro atoms. The van der Waals surface area contributed by atoms with Crippen molar-refractivity contribution in [3.63, 3.8) is 0 Å². The van der Waals surface area contributed by atoms with Crippen molar-refractivity contribution < 1.29 is 13.2 Å². The summed E-state index contributed by atoms with van der Waals surface area (Å²) in [4.78, 5) is 4.90. The third kappa shape index (κ3) is 4.03. The highest BCUT2D eigenvalue weighted by atomic mass is 28.3. The molecule has 0 atom stereocenters. The topological polar surface area (TPSA) is 27.1 Å². The highest BCUT2D eigenvalue weighted by Gasteiger charge is 2.25. The molecule has 0 unspecified atom stereocenters. The molecule has 1 radical (unpaired) electrons. The summed E-state index contributed by atoms with van der Waals surface area (Å²) in [5.41, 5.74) is 3.69. The summed E-state index contributed by atoms with van der Waals surface area (Å²) in [6.45, 7) is 13.1. The van der Waals surface area contributed by atoms with Gasteiger partial charge in [0.25, 0.3) is 0 Å². The average Bonchev–Trinajstić information content (AvgIpc) is 2.97. The molecular formula is C22H27F2N2OSi. The summed E-state index contributed by atoms with van der Waals surface area (Å²) in [6.07, 6.45) is 0. The number of hydrogen-bond donors (Lipinski definition) is 0. The molecule has 0 bridgehead atoms. The maximum absolute atomic E-state index is 14.3. The molecule has 3 rings (SSSR count). The van der Waals surface area contributed by atoms with Crippen molar-refractivity contribution in [2.45, 2.75) is 59.4 Å². The van der Waals surface area contributed by atoms with Gasteiger partial charge in [-0.1, -0.05) is 32.9 Å². The Labute approximate surface area is 167 Å². The Balaban J connectivity index is 2.16. The minimum Gasteiger partial charge on any atom is -0.413 e. The lowest BCUT2D eigenvalue weighted by Gasteiger charge is -2.20. The van der Waals surface area contributed by atoms with E-state index in [0.29, 0.717) is 6.61 Å². The Morgan fingerprint density at radius 1 is 1.07 bits per heavy atom. The Kier molecular flexibility index (Phi) is 5.73. The van der Waals surface area contributed by atoms with E-state index in [1.807, 2.05) is 23.6 Å². The Bertz CT molecular complexity index is 986. The van der Waals surface area contributed by atoms with E-state index in [1.165, 1.54) is 18.2 Å². The summed E-state index contributed by atoms with van der Waals surface area (Å²) in [5, 5.41) is 0. The van der Waals surface area contributed by atoms with Crippen molar-refractivity contribution in [1.29, 1.82) is 0 Å². The van der Waals surface area contributed by atoms with Crippen molar-refractivity contribution in [3.05, 3.63) is 64.5 Å². The standard InChI is InChI=1S/C22H27F2N2OSi/c1-14-15(13-27-28(5)6)10-11-19-20(14)25-21(22(2,3)4)26(19)12-16-17(23)8-7-9-18(16)24/h7-11H,12-13H2,1-6H3. The van der Waals surface area contributed by atoms with Crippen molar-refractivity contribution in [1.82, 2.24) is 9.55 Å². The fourth-order valence-electron chi connectivity index (χ4n) is 3.32. The van der Waals surface area contributed by atoms with E-state index < -0.39 is 20.7 Å². The van der Waals surface area contributed by atoms with Crippen LogP contribution in [0.25, 0.3) is 11.0 Å². The van der Waals surface area contributed by atoms with Crippen LogP contribution < -0.4 is 0 Å². The lowest BCUT2D eigenvalue weighted by atomic mass is 9.95. The molecule has 0 aliphatic rings. The first-order valence-corrected chi connectivity index (χ1v) is 11.9. The number of rotatable bonds is 5. The first-order valence-electron chi connectivity index (χ1n) is 9.44. The van der Waals surface area contributed by atoms with E-state index in [4.69, 9.17) is 9.41 Å². The maximum Gasteiger partial charge on any atom is 0.205 e. The van der Waals surface area contributed by atoms with Gasteiger partial charge in [-0.3, -0.25) is 0 Å². The van der Waals surface area contributed by atoms with Gasteiger partial charge in [0.1, 0.15) is 17.5 Å². The first kappa shape index (κ1) is 20.7. The number of halogens is 2. The molecule has 0 saturated carbocycles. The predicted molar refractivity (Wildman–Crippen MR) is 111 cm³/mol. The van der Waals surface area contributed by atoms with Gasteiger partial charge in [-0.25, -0.2) is 13.8 Å². The number of fused-ring (bicyclic) bond motifs is 1. The zero-order valence-electron chi connectivity index (χ0n) is 17.4. The van der Waals surface area contributed by atoms with Crippen molar-refractivity contribution in [2.75, 3.05) is 0 Å². The normalized spacial score (nSPS) is 12.3. The quantitative estimate of drug-likeness (QED) is 0.510. The van der Waals surface area contributed by atoms with Crippen LogP contribution in [0.5, 0.6) is 0 Å². The molecule has 6 heteroatoms. The first-order chi connectivity index (χ1) is 13.1. The minimum atomic E-state index is -0.786. The van der Waals surface area contributed by atoms with E-state index in [1.54, 1.807) is 0 Å². The van der Waals surface area contributed by atoms with Gasteiger partial charge in [0.15, 0.2) is 0 Å². The van der Waals surface area contributed by atoms with Gasteiger partial charge in [-0.2, -0.15) is 0 Å². The second-order valence-corrected chi connectivity index (χ2v) is 10.5. The van der Waals surface area contributed by atoms with Gasteiger partial charge in [0.2, 0.25) is 9.04 Å². The van der Waals surface area contributed by atoms with Crippen LogP contribution in [0.3, 0.4) is 0 Å².